The predicted molar refractivity (Wildman–Crippen MR) is 101 cm³/mol. The molecule has 0 bridgehead atoms. The van der Waals surface area contributed by atoms with Gasteiger partial charge in [-0.1, -0.05) is 24.6 Å². The number of nitrogens with one attached hydrogen (secondary N) is 2. The number of hydrogen-bond acceptors (Lipinski definition) is 3. The Hall–Kier alpha value is -3.03. The molecule has 0 saturated heterocycles. The van der Waals surface area contributed by atoms with Crippen molar-refractivity contribution < 1.29 is 27.5 Å². The van der Waals surface area contributed by atoms with Crippen molar-refractivity contribution in [3.05, 3.63) is 53.6 Å². The molecular weight excluding hydrogens is 385 g/mol. The monoisotopic (exact) mass is 404 g/mol. The zero-order valence-corrected chi connectivity index (χ0v) is 15.6. The van der Waals surface area contributed by atoms with Gasteiger partial charge in [0.2, 0.25) is 5.91 Å². The third-order valence-electron chi connectivity index (χ3n) is 5.55. The fourth-order valence-electron chi connectivity index (χ4n) is 3.71. The van der Waals surface area contributed by atoms with Crippen LogP contribution in [0, 0.1) is 0 Å². The van der Waals surface area contributed by atoms with Gasteiger partial charge >= 0.3 is 6.18 Å². The minimum atomic E-state index is -4.47. The van der Waals surface area contributed by atoms with Crippen molar-refractivity contribution >= 4 is 23.2 Å². The fourth-order valence-corrected chi connectivity index (χ4v) is 3.71. The summed E-state index contributed by atoms with van der Waals surface area (Å²) in [5, 5.41) is 5.50. The first-order valence-electron chi connectivity index (χ1n) is 9.30. The number of anilines is 2. The topological polar surface area (TPSA) is 67.4 Å². The largest absolute Gasteiger partial charge is 0.479 e. The molecule has 1 atom stereocenters. The zero-order valence-electron chi connectivity index (χ0n) is 15.6. The van der Waals surface area contributed by atoms with Crippen LogP contribution in [0.25, 0.3) is 0 Å². The van der Waals surface area contributed by atoms with Gasteiger partial charge in [0.1, 0.15) is 5.75 Å². The van der Waals surface area contributed by atoms with E-state index in [1.54, 1.807) is 31.2 Å². The van der Waals surface area contributed by atoms with E-state index in [0.29, 0.717) is 35.5 Å². The number of alkyl halides is 3. The molecule has 0 spiro atoms. The number of hydrogen-bond donors (Lipinski definition) is 2. The van der Waals surface area contributed by atoms with Crippen LogP contribution in [-0.4, -0.2) is 17.9 Å². The van der Waals surface area contributed by atoms with Crippen molar-refractivity contribution in [2.45, 2.75) is 43.9 Å². The molecule has 5 nitrogen and oxygen atoms in total. The van der Waals surface area contributed by atoms with Crippen molar-refractivity contribution in [3.63, 3.8) is 0 Å². The second kappa shape index (κ2) is 6.79. The van der Waals surface area contributed by atoms with Crippen LogP contribution in [0.15, 0.2) is 42.5 Å². The summed E-state index contributed by atoms with van der Waals surface area (Å²) < 4.78 is 44.8. The van der Waals surface area contributed by atoms with E-state index in [2.05, 4.69) is 10.6 Å². The molecule has 2 aliphatic rings. The fraction of sp³-hybridized carbons (Fsp3) is 0.333. The first-order valence-corrected chi connectivity index (χ1v) is 9.30. The van der Waals surface area contributed by atoms with Gasteiger partial charge in [-0.25, -0.2) is 0 Å². The highest BCUT2D eigenvalue weighted by molar-refractivity contribution is 6.02. The van der Waals surface area contributed by atoms with E-state index in [-0.39, 0.29) is 11.8 Å². The van der Waals surface area contributed by atoms with Crippen LogP contribution in [0.3, 0.4) is 0 Å². The quantitative estimate of drug-likeness (QED) is 0.792. The molecule has 0 unspecified atom stereocenters. The molecule has 2 aromatic carbocycles. The molecule has 29 heavy (non-hydrogen) atoms. The first kappa shape index (κ1) is 19.3. The standard InChI is InChI=1S/C21H19F3N2O3/c1-12-18(27)26-16-11-15(6-7-17(16)29-12)25-19(28)20(8-3-9-20)13-4-2-5-14(10-13)21(22,23)24/h2,4-7,10-12H,3,8-9H2,1H3,(H,25,28)(H,26,27)/t12-/m1/s1. The lowest BCUT2D eigenvalue weighted by Gasteiger charge is -2.41. The number of fused-ring (bicyclic) bond motifs is 1. The maximum Gasteiger partial charge on any atom is 0.416 e. The van der Waals surface area contributed by atoms with E-state index in [1.165, 1.54) is 6.07 Å². The van der Waals surface area contributed by atoms with Crippen LogP contribution >= 0.6 is 0 Å². The summed E-state index contributed by atoms with van der Waals surface area (Å²) in [6, 6.07) is 9.81. The van der Waals surface area contributed by atoms with Crippen molar-refractivity contribution in [2.75, 3.05) is 10.6 Å². The molecule has 1 aliphatic heterocycles. The summed E-state index contributed by atoms with van der Waals surface area (Å²) in [7, 11) is 0. The maximum atomic E-state index is 13.1. The second-order valence-corrected chi connectivity index (χ2v) is 7.43. The van der Waals surface area contributed by atoms with Gasteiger partial charge in [0.25, 0.3) is 5.91 Å². The van der Waals surface area contributed by atoms with Crippen molar-refractivity contribution in [1.29, 1.82) is 0 Å². The highest BCUT2D eigenvalue weighted by Crippen LogP contribution is 2.46. The minimum Gasteiger partial charge on any atom is -0.479 e. The molecule has 2 N–H and O–H groups in total. The van der Waals surface area contributed by atoms with Crippen LogP contribution in [0.5, 0.6) is 5.75 Å². The third-order valence-corrected chi connectivity index (χ3v) is 5.55. The average molecular weight is 404 g/mol. The number of rotatable bonds is 3. The Morgan fingerprint density at radius 2 is 1.97 bits per heavy atom. The smallest absolute Gasteiger partial charge is 0.416 e. The van der Waals surface area contributed by atoms with Crippen LogP contribution in [0.1, 0.15) is 37.3 Å². The Kier molecular flexibility index (Phi) is 4.52. The van der Waals surface area contributed by atoms with Crippen LogP contribution in [-0.2, 0) is 21.2 Å². The van der Waals surface area contributed by atoms with Gasteiger partial charge in [-0.15, -0.1) is 0 Å². The lowest BCUT2D eigenvalue weighted by Crippen LogP contribution is -2.46. The summed E-state index contributed by atoms with van der Waals surface area (Å²) in [6.07, 6.45) is -3.37. The number of carbonyl (C=O) groups excluding carboxylic acids is 2. The van der Waals surface area contributed by atoms with Gasteiger partial charge in [-0.05, 0) is 49.6 Å². The molecule has 1 heterocycles. The van der Waals surface area contributed by atoms with E-state index in [4.69, 9.17) is 4.74 Å². The van der Waals surface area contributed by atoms with Crippen LogP contribution < -0.4 is 15.4 Å². The van der Waals surface area contributed by atoms with Gasteiger partial charge in [0.05, 0.1) is 16.7 Å². The van der Waals surface area contributed by atoms with Gasteiger partial charge in [0.15, 0.2) is 6.10 Å². The molecule has 152 valence electrons. The number of halogens is 3. The predicted octanol–water partition coefficient (Wildman–Crippen LogP) is 4.49. The highest BCUT2D eigenvalue weighted by Gasteiger charge is 2.46. The Morgan fingerprint density at radius 1 is 1.21 bits per heavy atom. The summed E-state index contributed by atoms with van der Waals surface area (Å²) >= 11 is 0. The van der Waals surface area contributed by atoms with E-state index >= 15 is 0 Å². The van der Waals surface area contributed by atoms with Gasteiger partial charge in [-0.2, -0.15) is 13.2 Å². The molecule has 2 amide bonds. The summed E-state index contributed by atoms with van der Waals surface area (Å²) in [6.45, 7) is 1.63. The Labute approximate surface area is 165 Å². The van der Waals surface area contributed by atoms with E-state index in [1.807, 2.05) is 0 Å². The van der Waals surface area contributed by atoms with Gasteiger partial charge < -0.3 is 15.4 Å². The molecule has 8 heteroatoms. The third kappa shape index (κ3) is 3.43. The molecule has 2 aromatic rings. The second-order valence-electron chi connectivity index (χ2n) is 7.43. The van der Waals surface area contributed by atoms with Crippen molar-refractivity contribution in [3.8, 4) is 5.75 Å². The lowest BCUT2D eigenvalue weighted by atomic mass is 9.63. The van der Waals surface area contributed by atoms with E-state index in [9.17, 15) is 22.8 Å². The SMILES string of the molecule is C[C@H]1Oc2ccc(NC(=O)C3(c4cccc(C(F)(F)F)c4)CCC3)cc2NC1=O. The van der Waals surface area contributed by atoms with E-state index in [0.717, 1.165) is 18.6 Å². The normalized spacial score (nSPS) is 20.0. The molecule has 0 radical (unpaired) electrons. The summed E-state index contributed by atoms with van der Waals surface area (Å²) in [5.41, 5.74) is -0.528. The molecular formula is C21H19F3N2O3. The lowest BCUT2D eigenvalue weighted by molar-refractivity contribution is -0.138. The summed E-state index contributed by atoms with van der Waals surface area (Å²) in [5.74, 6) is -0.161. The summed E-state index contributed by atoms with van der Waals surface area (Å²) in [4.78, 5) is 24.8. The number of amides is 2. The average Bonchev–Trinajstić information content (AvgIpc) is 2.61. The number of ether oxygens (including phenoxy) is 1. The maximum absolute atomic E-state index is 13.1. The highest BCUT2D eigenvalue weighted by atomic mass is 19.4. The van der Waals surface area contributed by atoms with Gasteiger partial charge in [0, 0.05) is 5.69 Å². The molecule has 0 aromatic heterocycles. The Bertz CT molecular complexity index is 983. The zero-order chi connectivity index (χ0) is 20.8. The number of benzene rings is 2. The van der Waals surface area contributed by atoms with Gasteiger partial charge in [-0.3, -0.25) is 9.59 Å². The van der Waals surface area contributed by atoms with Crippen LogP contribution in [0.4, 0.5) is 24.5 Å². The van der Waals surface area contributed by atoms with Crippen molar-refractivity contribution in [2.24, 2.45) is 0 Å². The first-order chi connectivity index (χ1) is 13.7. The Morgan fingerprint density at radius 3 is 2.62 bits per heavy atom. The molecule has 1 saturated carbocycles. The van der Waals surface area contributed by atoms with Crippen molar-refractivity contribution in [1.82, 2.24) is 0 Å². The molecule has 4 rings (SSSR count). The number of carbonyl (C=O) groups is 2. The van der Waals surface area contributed by atoms with E-state index < -0.39 is 23.3 Å². The molecule has 1 fully saturated rings. The Balaban J connectivity index is 1.59. The molecule has 1 aliphatic carbocycles. The minimum absolute atomic E-state index is 0.291. The van der Waals surface area contributed by atoms with Crippen LogP contribution in [0.2, 0.25) is 0 Å².